The predicted octanol–water partition coefficient (Wildman–Crippen LogP) is 5.29. The van der Waals surface area contributed by atoms with Crippen LogP contribution >= 0.6 is 27.5 Å². The Kier molecular flexibility index (Phi) is 3.32. The number of aryl methyl sites for hydroxylation is 1. The van der Waals surface area contributed by atoms with Gasteiger partial charge in [-0.05, 0) is 37.1 Å². The lowest BCUT2D eigenvalue weighted by Gasteiger charge is -2.14. The van der Waals surface area contributed by atoms with Crippen molar-refractivity contribution in [1.82, 2.24) is 4.98 Å². The zero-order valence-corrected chi connectivity index (χ0v) is 11.8. The van der Waals surface area contributed by atoms with E-state index in [9.17, 15) is 13.2 Å². The van der Waals surface area contributed by atoms with Crippen molar-refractivity contribution in [1.29, 1.82) is 0 Å². The lowest BCUT2D eigenvalue weighted by Crippen LogP contribution is -2.11. The van der Waals surface area contributed by atoms with Gasteiger partial charge in [0.25, 0.3) is 0 Å². The predicted molar refractivity (Wildman–Crippen MR) is 68.9 cm³/mol. The minimum absolute atomic E-state index is 0.0471. The average molecular weight is 339 g/mol. The molecule has 0 atom stereocenters. The molecule has 0 saturated heterocycles. The zero-order chi connectivity index (χ0) is 13.7. The molecule has 2 rings (SSSR count). The minimum atomic E-state index is -4.50. The maximum absolute atomic E-state index is 12.8. The van der Waals surface area contributed by atoms with Crippen LogP contribution < -0.4 is 0 Å². The van der Waals surface area contributed by atoms with E-state index in [0.717, 1.165) is 4.47 Å². The number of nitrogens with zero attached hydrogens (tertiary/aromatic N) is 1. The van der Waals surface area contributed by atoms with Crippen LogP contribution in [0.4, 0.5) is 13.2 Å². The second kappa shape index (κ2) is 4.38. The highest BCUT2D eigenvalue weighted by molar-refractivity contribution is 9.10. The van der Waals surface area contributed by atoms with Gasteiger partial charge in [-0.15, -0.1) is 0 Å². The van der Waals surface area contributed by atoms with E-state index in [4.69, 9.17) is 11.6 Å². The Labute approximate surface area is 115 Å². The maximum atomic E-state index is 12.8. The van der Waals surface area contributed by atoms with Gasteiger partial charge in [-0.1, -0.05) is 27.5 Å². The summed E-state index contributed by atoms with van der Waals surface area (Å²) in [5, 5.41) is 0.616. The number of benzene rings is 1. The normalized spacial score (nSPS) is 12.2. The molecule has 0 radical (unpaired) electrons. The highest BCUT2D eigenvalue weighted by Crippen LogP contribution is 2.38. The summed E-state index contributed by atoms with van der Waals surface area (Å²) in [4.78, 5) is 3.72. The average Bonchev–Trinajstić information content (AvgIpc) is 2.22. The standard InChI is InChI=1S/C12H8BrClF3N/c1-5-3-7(13)4-8-9(14)6(2)11(12(15,16)17)18-10(5)8/h3-4H,1-2H3. The maximum Gasteiger partial charge on any atom is 0.433 e. The third-order valence-electron chi connectivity index (χ3n) is 2.68. The van der Waals surface area contributed by atoms with E-state index in [-0.39, 0.29) is 16.1 Å². The highest BCUT2D eigenvalue weighted by Gasteiger charge is 2.36. The molecular formula is C12H8BrClF3N. The summed E-state index contributed by atoms with van der Waals surface area (Å²) < 4.78 is 39.3. The molecule has 96 valence electrons. The fourth-order valence-corrected chi connectivity index (χ4v) is 2.63. The Morgan fingerprint density at radius 2 is 1.83 bits per heavy atom. The largest absolute Gasteiger partial charge is 0.433 e. The Bertz CT molecular complexity index is 637. The molecule has 0 N–H and O–H groups in total. The van der Waals surface area contributed by atoms with Crippen molar-refractivity contribution in [2.24, 2.45) is 0 Å². The second-order valence-corrected chi connectivity index (χ2v) is 5.31. The SMILES string of the molecule is Cc1c(C(F)(F)F)nc2c(C)cc(Br)cc2c1Cl. The lowest BCUT2D eigenvalue weighted by molar-refractivity contribution is -0.141. The summed E-state index contributed by atoms with van der Waals surface area (Å²) in [5.74, 6) is 0. The molecule has 0 aliphatic rings. The summed E-state index contributed by atoms with van der Waals surface area (Å²) in [6, 6.07) is 3.38. The number of aromatic nitrogens is 1. The quantitative estimate of drug-likeness (QED) is 0.636. The molecule has 1 nitrogen and oxygen atoms in total. The van der Waals surface area contributed by atoms with E-state index in [1.54, 1.807) is 19.1 Å². The molecule has 1 aromatic carbocycles. The molecule has 0 spiro atoms. The number of fused-ring (bicyclic) bond motifs is 1. The van der Waals surface area contributed by atoms with Gasteiger partial charge in [0.15, 0.2) is 0 Å². The lowest BCUT2D eigenvalue weighted by atomic mass is 10.1. The van der Waals surface area contributed by atoms with Crippen molar-refractivity contribution in [3.8, 4) is 0 Å². The van der Waals surface area contributed by atoms with Gasteiger partial charge in [0, 0.05) is 9.86 Å². The number of alkyl halides is 3. The van der Waals surface area contributed by atoms with Gasteiger partial charge in [-0.2, -0.15) is 13.2 Å². The van der Waals surface area contributed by atoms with Gasteiger partial charge in [-0.3, -0.25) is 0 Å². The van der Waals surface area contributed by atoms with Crippen LogP contribution in [-0.2, 0) is 6.18 Å². The van der Waals surface area contributed by atoms with E-state index in [2.05, 4.69) is 20.9 Å². The van der Waals surface area contributed by atoms with Gasteiger partial charge < -0.3 is 0 Å². The van der Waals surface area contributed by atoms with Crippen LogP contribution in [0.5, 0.6) is 0 Å². The Hall–Kier alpha value is -0.810. The van der Waals surface area contributed by atoms with E-state index in [0.29, 0.717) is 10.9 Å². The molecule has 0 bridgehead atoms. The van der Waals surface area contributed by atoms with E-state index in [1.165, 1.54) is 6.92 Å². The van der Waals surface area contributed by atoms with E-state index >= 15 is 0 Å². The van der Waals surface area contributed by atoms with Crippen molar-refractivity contribution in [2.75, 3.05) is 0 Å². The fourth-order valence-electron chi connectivity index (χ4n) is 1.83. The molecule has 0 unspecified atom stereocenters. The summed E-state index contributed by atoms with van der Waals surface area (Å²) in [6.45, 7) is 3.03. The van der Waals surface area contributed by atoms with Crippen LogP contribution in [0, 0.1) is 13.8 Å². The van der Waals surface area contributed by atoms with Crippen molar-refractivity contribution >= 4 is 38.4 Å². The number of rotatable bonds is 0. The Morgan fingerprint density at radius 3 is 2.39 bits per heavy atom. The fraction of sp³-hybridized carbons (Fsp3) is 0.250. The smallest absolute Gasteiger partial charge is 0.243 e. The first-order valence-electron chi connectivity index (χ1n) is 5.05. The van der Waals surface area contributed by atoms with Crippen LogP contribution in [0.2, 0.25) is 5.02 Å². The first kappa shape index (κ1) is 13.6. The number of halogens is 5. The van der Waals surface area contributed by atoms with Crippen molar-refractivity contribution in [3.05, 3.63) is 38.4 Å². The summed E-state index contributed by atoms with van der Waals surface area (Å²) >= 11 is 9.31. The molecule has 0 amide bonds. The van der Waals surface area contributed by atoms with Crippen LogP contribution in [0.25, 0.3) is 10.9 Å². The summed E-state index contributed by atoms with van der Waals surface area (Å²) in [5.41, 5.74) is -0.0486. The molecule has 0 fully saturated rings. The number of pyridine rings is 1. The number of hydrogen-bond donors (Lipinski definition) is 0. The van der Waals surface area contributed by atoms with Gasteiger partial charge in [0.05, 0.1) is 10.5 Å². The molecule has 6 heteroatoms. The molecule has 0 saturated carbocycles. The second-order valence-electron chi connectivity index (χ2n) is 4.02. The molecule has 0 aliphatic carbocycles. The first-order valence-corrected chi connectivity index (χ1v) is 6.22. The minimum Gasteiger partial charge on any atom is -0.243 e. The van der Waals surface area contributed by atoms with Gasteiger partial charge in [0.1, 0.15) is 5.69 Å². The van der Waals surface area contributed by atoms with E-state index < -0.39 is 11.9 Å². The van der Waals surface area contributed by atoms with Gasteiger partial charge in [0.2, 0.25) is 0 Å². The topological polar surface area (TPSA) is 12.9 Å². The summed E-state index contributed by atoms with van der Waals surface area (Å²) in [7, 11) is 0. The Morgan fingerprint density at radius 1 is 1.22 bits per heavy atom. The van der Waals surface area contributed by atoms with E-state index in [1.807, 2.05) is 0 Å². The molecular weight excluding hydrogens is 330 g/mol. The van der Waals surface area contributed by atoms with Crippen LogP contribution in [0.1, 0.15) is 16.8 Å². The van der Waals surface area contributed by atoms with Gasteiger partial charge >= 0.3 is 6.18 Å². The zero-order valence-electron chi connectivity index (χ0n) is 9.49. The molecule has 0 aliphatic heterocycles. The third kappa shape index (κ3) is 2.21. The first-order chi connectivity index (χ1) is 8.21. The van der Waals surface area contributed by atoms with Crippen LogP contribution in [0.3, 0.4) is 0 Å². The number of hydrogen-bond acceptors (Lipinski definition) is 1. The van der Waals surface area contributed by atoms with Crippen LogP contribution in [0.15, 0.2) is 16.6 Å². The highest BCUT2D eigenvalue weighted by atomic mass is 79.9. The van der Waals surface area contributed by atoms with Crippen molar-refractivity contribution in [3.63, 3.8) is 0 Å². The van der Waals surface area contributed by atoms with Crippen molar-refractivity contribution < 1.29 is 13.2 Å². The molecule has 1 aromatic heterocycles. The molecule has 1 heterocycles. The monoisotopic (exact) mass is 337 g/mol. The third-order valence-corrected chi connectivity index (χ3v) is 3.62. The molecule has 18 heavy (non-hydrogen) atoms. The summed E-state index contributed by atoms with van der Waals surface area (Å²) in [6.07, 6.45) is -4.50. The van der Waals surface area contributed by atoms with Gasteiger partial charge in [-0.25, -0.2) is 4.98 Å². The van der Waals surface area contributed by atoms with Crippen LogP contribution in [-0.4, -0.2) is 4.98 Å². The Balaban J connectivity index is 2.93. The molecule has 2 aromatic rings. The van der Waals surface area contributed by atoms with Crippen molar-refractivity contribution in [2.45, 2.75) is 20.0 Å².